The largest absolute Gasteiger partial charge is 0.508 e. The molecule has 2 aromatic carbocycles. The SMILES string of the molecule is Cc1cc(F)cc(NCc2cc(C)ccc2O)c1. The molecule has 0 bridgehead atoms. The first-order chi connectivity index (χ1) is 8.54. The van der Waals surface area contributed by atoms with Crippen molar-refractivity contribution in [1.29, 1.82) is 0 Å². The van der Waals surface area contributed by atoms with Crippen molar-refractivity contribution in [2.24, 2.45) is 0 Å². The summed E-state index contributed by atoms with van der Waals surface area (Å²) in [6.45, 7) is 4.28. The predicted molar refractivity (Wildman–Crippen MR) is 71.3 cm³/mol. The number of benzene rings is 2. The van der Waals surface area contributed by atoms with Crippen molar-refractivity contribution < 1.29 is 9.50 Å². The lowest BCUT2D eigenvalue weighted by Crippen LogP contribution is -2.00. The van der Waals surface area contributed by atoms with Gasteiger partial charge in [-0.25, -0.2) is 4.39 Å². The van der Waals surface area contributed by atoms with Gasteiger partial charge in [0.15, 0.2) is 0 Å². The van der Waals surface area contributed by atoms with Crippen molar-refractivity contribution in [1.82, 2.24) is 0 Å². The molecule has 0 saturated heterocycles. The van der Waals surface area contributed by atoms with Gasteiger partial charge in [0.2, 0.25) is 0 Å². The average Bonchev–Trinajstić information content (AvgIpc) is 2.29. The molecule has 0 spiro atoms. The quantitative estimate of drug-likeness (QED) is 0.863. The molecule has 0 aliphatic rings. The Morgan fingerprint density at radius 2 is 1.83 bits per heavy atom. The summed E-state index contributed by atoms with van der Waals surface area (Å²) in [5, 5.41) is 12.8. The van der Waals surface area contributed by atoms with Gasteiger partial charge in [0.25, 0.3) is 0 Å². The molecule has 0 radical (unpaired) electrons. The van der Waals surface area contributed by atoms with Crippen LogP contribution in [0.1, 0.15) is 16.7 Å². The highest BCUT2D eigenvalue weighted by Gasteiger charge is 2.02. The Morgan fingerprint density at radius 3 is 2.56 bits per heavy atom. The molecule has 0 atom stereocenters. The number of hydrogen-bond acceptors (Lipinski definition) is 2. The standard InChI is InChI=1S/C15H16FNO/c1-10-3-4-15(18)12(5-10)9-17-14-7-11(2)6-13(16)8-14/h3-8,17-18H,9H2,1-2H3. The highest BCUT2D eigenvalue weighted by molar-refractivity contribution is 5.47. The van der Waals surface area contributed by atoms with Crippen molar-refractivity contribution in [3.63, 3.8) is 0 Å². The van der Waals surface area contributed by atoms with E-state index in [2.05, 4.69) is 5.32 Å². The van der Waals surface area contributed by atoms with E-state index in [1.807, 2.05) is 32.0 Å². The van der Waals surface area contributed by atoms with Gasteiger partial charge in [-0.2, -0.15) is 0 Å². The molecule has 3 heteroatoms. The van der Waals surface area contributed by atoms with E-state index < -0.39 is 0 Å². The second-order valence-corrected chi connectivity index (χ2v) is 4.50. The van der Waals surface area contributed by atoms with Crippen molar-refractivity contribution in [2.75, 3.05) is 5.32 Å². The zero-order chi connectivity index (χ0) is 13.1. The Labute approximate surface area is 106 Å². The van der Waals surface area contributed by atoms with Crippen LogP contribution in [0.15, 0.2) is 36.4 Å². The lowest BCUT2D eigenvalue weighted by atomic mass is 10.1. The van der Waals surface area contributed by atoms with Crippen LogP contribution in [0.3, 0.4) is 0 Å². The lowest BCUT2D eigenvalue weighted by molar-refractivity contribution is 0.469. The Kier molecular flexibility index (Phi) is 3.51. The maximum absolute atomic E-state index is 13.2. The van der Waals surface area contributed by atoms with Gasteiger partial charge in [-0.15, -0.1) is 0 Å². The van der Waals surface area contributed by atoms with Gasteiger partial charge in [-0.3, -0.25) is 0 Å². The van der Waals surface area contributed by atoms with E-state index in [0.717, 1.165) is 16.7 Å². The molecule has 2 nitrogen and oxygen atoms in total. The summed E-state index contributed by atoms with van der Waals surface area (Å²) in [4.78, 5) is 0. The molecule has 0 fully saturated rings. The van der Waals surface area contributed by atoms with Gasteiger partial charge in [0.05, 0.1) is 0 Å². The average molecular weight is 245 g/mol. The van der Waals surface area contributed by atoms with E-state index in [0.29, 0.717) is 12.2 Å². The number of halogens is 1. The third-order valence-corrected chi connectivity index (χ3v) is 2.76. The van der Waals surface area contributed by atoms with E-state index in [1.165, 1.54) is 12.1 Å². The van der Waals surface area contributed by atoms with Gasteiger partial charge < -0.3 is 10.4 Å². The summed E-state index contributed by atoms with van der Waals surface area (Å²) in [7, 11) is 0. The second kappa shape index (κ2) is 5.08. The Balaban J connectivity index is 2.13. The van der Waals surface area contributed by atoms with Crippen LogP contribution < -0.4 is 5.32 Å². The van der Waals surface area contributed by atoms with E-state index in [1.54, 1.807) is 6.07 Å². The molecule has 94 valence electrons. The molecule has 0 saturated carbocycles. The van der Waals surface area contributed by atoms with Crippen LogP contribution in [-0.4, -0.2) is 5.11 Å². The Hall–Kier alpha value is -2.03. The van der Waals surface area contributed by atoms with Crippen LogP contribution in [0.5, 0.6) is 5.75 Å². The van der Waals surface area contributed by atoms with Gasteiger partial charge in [-0.05, 0) is 43.7 Å². The molecule has 0 unspecified atom stereocenters. The Morgan fingerprint density at radius 1 is 1.06 bits per heavy atom. The Bertz CT molecular complexity index is 546. The number of hydrogen-bond donors (Lipinski definition) is 2. The predicted octanol–water partition coefficient (Wildman–Crippen LogP) is 3.76. The molecule has 0 heterocycles. The smallest absolute Gasteiger partial charge is 0.125 e. The lowest BCUT2D eigenvalue weighted by Gasteiger charge is -2.10. The van der Waals surface area contributed by atoms with Crippen LogP contribution in [0.4, 0.5) is 10.1 Å². The summed E-state index contributed by atoms with van der Waals surface area (Å²) in [5.41, 5.74) is 3.47. The fourth-order valence-electron chi connectivity index (χ4n) is 1.89. The number of anilines is 1. The van der Waals surface area contributed by atoms with Gasteiger partial charge in [0, 0.05) is 17.8 Å². The zero-order valence-corrected chi connectivity index (χ0v) is 10.5. The molecule has 0 aliphatic heterocycles. The number of aryl methyl sites for hydroxylation is 2. The minimum Gasteiger partial charge on any atom is -0.508 e. The number of nitrogens with one attached hydrogen (secondary N) is 1. The van der Waals surface area contributed by atoms with Crippen LogP contribution in [-0.2, 0) is 6.54 Å². The molecule has 2 rings (SSSR count). The van der Waals surface area contributed by atoms with E-state index >= 15 is 0 Å². The van der Waals surface area contributed by atoms with Gasteiger partial charge >= 0.3 is 0 Å². The molecule has 18 heavy (non-hydrogen) atoms. The van der Waals surface area contributed by atoms with Crippen molar-refractivity contribution in [3.8, 4) is 5.75 Å². The third-order valence-electron chi connectivity index (χ3n) is 2.76. The first kappa shape index (κ1) is 12.4. The second-order valence-electron chi connectivity index (χ2n) is 4.50. The van der Waals surface area contributed by atoms with Crippen LogP contribution in [0.25, 0.3) is 0 Å². The monoisotopic (exact) mass is 245 g/mol. The molecule has 0 aliphatic carbocycles. The maximum Gasteiger partial charge on any atom is 0.125 e. The minimum absolute atomic E-state index is 0.251. The van der Waals surface area contributed by atoms with E-state index in [4.69, 9.17) is 0 Å². The van der Waals surface area contributed by atoms with E-state index in [-0.39, 0.29) is 11.6 Å². The minimum atomic E-state index is -0.258. The van der Waals surface area contributed by atoms with Crippen LogP contribution in [0.2, 0.25) is 0 Å². The fourth-order valence-corrected chi connectivity index (χ4v) is 1.89. The van der Waals surface area contributed by atoms with E-state index in [9.17, 15) is 9.50 Å². The van der Waals surface area contributed by atoms with Crippen molar-refractivity contribution in [3.05, 3.63) is 58.9 Å². The molecule has 2 N–H and O–H groups in total. The summed E-state index contributed by atoms with van der Waals surface area (Å²) in [6.07, 6.45) is 0. The topological polar surface area (TPSA) is 32.3 Å². The molecule has 0 amide bonds. The van der Waals surface area contributed by atoms with Crippen LogP contribution >= 0.6 is 0 Å². The summed E-state index contributed by atoms with van der Waals surface area (Å²) >= 11 is 0. The number of aromatic hydroxyl groups is 1. The summed E-state index contributed by atoms with van der Waals surface area (Å²) in [5.74, 6) is -0.00723. The molecule has 0 aromatic heterocycles. The molecular weight excluding hydrogens is 229 g/mol. The van der Waals surface area contributed by atoms with Crippen molar-refractivity contribution in [2.45, 2.75) is 20.4 Å². The summed E-state index contributed by atoms with van der Waals surface area (Å²) in [6, 6.07) is 10.2. The number of phenols is 1. The fraction of sp³-hybridized carbons (Fsp3) is 0.200. The maximum atomic E-state index is 13.2. The molecular formula is C15H16FNO. The van der Waals surface area contributed by atoms with Crippen molar-refractivity contribution >= 4 is 5.69 Å². The molecule has 2 aromatic rings. The van der Waals surface area contributed by atoms with Gasteiger partial charge in [-0.1, -0.05) is 17.7 Å². The summed E-state index contributed by atoms with van der Waals surface area (Å²) < 4.78 is 13.2. The van der Waals surface area contributed by atoms with Gasteiger partial charge in [0.1, 0.15) is 11.6 Å². The first-order valence-electron chi connectivity index (χ1n) is 5.84. The number of rotatable bonds is 3. The third kappa shape index (κ3) is 3.00. The number of phenolic OH excluding ortho intramolecular Hbond substituents is 1. The zero-order valence-electron chi connectivity index (χ0n) is 10.5. The van der Waals surface area contributed by atoms with Crippen LogP contribution in [0, 0.1) is 19.7 Å². The highest BCUT2D eigenvalue weighted by atomic mass is 19.1. The highest BCUT2D eigenvalue weighted by Crippen LogP contribution is 2.20. The normalized spacial score (nSPS) is 10.4. The first-order valence-corrected chi connectivity index (χ1v) is 5.84.